The number of ether oxygens (including phenoxy) is 5. The lowest BCUT2D eigenvalue weighted by atomic mass is 9.75. The van der Waals surface area contributed by atoms with Gasteiger partial charge in [-0.2, -0.15) is 0 Å². The van der Waals surface area contributed by atoms with E-state index in [9.17, 15) is 45.0 Å². The molecule has 10 N–H and O–H groups in total. The number of carboxylic acids is 1. The second kappa shape index (κ2) is 23.3. The van der Waals surface area contributed by atoms with Crippen LogP contribution in [0.3, 0.4) is 0 Å². The average Bonchev–Trinajstić information content (AvgIpc) is 3.21. The van der Waals surface area contributed by atoms with Crippen molar-refractivity contribution in [2.24, 2.45) is 23.5 Å². The molecule has 4 rings (SSSR count). The second-order valence-corrected chi connectivity index (χ2v) is 16.1. The van der Waals surface area contributed by atoms with Gasteiger partial charge in [0.15, 0.2) is 18.7 Å². The van der Waals surface area contributed by atoms with Crippen LogP contribution < -0.4 is 16.4 Å². The highest BCUT2D eigenvalue weighted by atomic mass is 16.7. The maximum absolute atomic E-state index is 13.8. The van der Waals surface area contributed by atoms with Crippen LogP contribution in [0.2, 0.25) is 0 Å². The van der Waals surface area contributed by atoms with E-state index in [0.717, 1.165) is 43.2 Å². The molecular formula is C41H67N3O14. The van der Waals surface area contributed by atoms with E-state index in [4.69, 9.17) is 29.4 Å². The Balaban J connectivity index is 1.63. The molecule has 2 amide bonds. The molecule has 1 heterocycles. The van der Waals surface area contributed by atoms with Gasteiger partial charge in [-0.3, -0.25) is 9.59 Å². The lowest BCUT2D eigenvalue weighted by Crippen LogP contribution is -2.67. The summed E-state index contributed by atoms with van der Waals surface area (Å²) in [5, 5.41) is 67.6. The molecule has 1 aliphatic heterocycles. The summed E-state index contributed by atoms with van der Waals surface area (Å²) in [7, 11) is 0. The van der Waals surface area contributed by atoms with Crippen LogP contribution in [-0.4, -0.2) is 135 Å². The van der Waals surface area contributed by atoms with Gasteiger partial charge in [-0.15, -0.1) is 0 Å². The zero-order valence-electron chi connectivity index (χ0n) is 34.2. The number of rotatable bonds is 21. The molecule has 8 unspecified atom stereocenters. The van der Waals surface area contributed by atoms with Crippen LogP contribution in [0.5, 0.6) is 0 Å². The van der Waals surface area contributed by atoms with Gasteiger partial charge in [-0.1, -0.05) is 69.7 Å². The molecule has 1 saturated heterocycles. The quantitative estimate of drug-likeness (QED) is 0.0777. The van der Waals surface area contributed by atoms with Crippen molar-refractivity contribution in [1.82, 2.24) is 10.6 Å². The minimum atomic E-state index is -1.55. The minimum absolute atomic E-state index is 0.103. The number of carbonyl (C=O) groups excluding carboxylic acids is 2. The molecule has 17 heteroatoms. The van der Waals surface area contributed by atoms with Crippen LogP contribution in [0.25, 0.3) is 0 Å². The van der Waals surface area contributed by atoms with Gasteiger partial charge in [0, 0.05) is 25.9 Å². The fourth-order valence-electron chi connectivity index (χ4n) is 8.48. The highest BCUT2D eigenvalue weighted by molar-refractivity contribution is 5.79. The highest BCUT2D eigenvalue weighted by Gasteiger charge is 2.51. The van der Waals surface area contributed by atoms with Gasteiger partial charge in [0.25, 0.3) is 0 Å². The van der Waals surface area contributed by atoms with E-state index in [0.29, 0.717) is 19.4 Å². The third-order valence-electron chi connectivity index (χ3n) is 11.8. The number of hydrogen-bond donors (Lipinski definition) is 9. The number of amides is 2. The predicted octanol–water partition coefficient (Wildman–Crippen LogP) is 0.825. The summed E-state index contributed by atoms with van der Waals surface area (Å²) in [5.74, 6) is -2.76. The number of aliphatic hydroxyl groups excluding tert-OH is 5. The molecule has 0 spiro atoms. The van der Waals surface area contributed by atoms with E-state index in [1.54, 1.807) is 6.92 Å². The number of carboxylic acid groups (broad SMARTS) is 1. The first-order chi connectivity index (χ1) is 27.7. The Morgan fingerprint density at radius 1 is 0.983 bits per heavy atom. The summed E-state index contributed by atoms with van der Waals surface area (Å²) in [4.78, 5) is 39.1. The molecule has 1 aromatic rings. The molecular weight excluding hydrogens is 758 g/mol. The van der Waals surface area contributed by atoms with Gasteiger partial charge in [0.1, 0.15) is 36.6 Å². The average molecular weight is 826 g/mol. The van der Waals surface area contributed by atoms with Crippen molar-refractivity contribution < 1.29 is 68.7 Å². The standard InChI is InChI=1S/C41H67N3O14/c1-5-28-16-29(39(51)43-19-27-13-11-26(18-42)12-14-27)17-31(37(28)55-24(4)54-22(2)35(49)30(48)20-45)57-41-34(44-23(3)47)38(36(50)33(21-46)58-41)56-32(40(52)53)15-25-9-7-6-8-10-25/h11-14,22,24-25,28-38,41,45-46,48-50H,5-10,15-21,42H2,1-4H3,(H,43,51)(H,44,47)(H,52,53)/t22?,24-,28+,29?,30+,31?,32-,33-,34?,35?,36?,37?,38?,41+/m0/s1. The number of carbonyl (C=O) groups is 3. The van der Waals surface area contributed by atoms with Crippen molar-refractivity contribution in [2.75, 3.05) is 13.2 Å². The molecule has 14 atom stereocenters. The molecule has 3 aliphatic rings. The Bertz CT molecular complexity index is 1420. The summed E-state index contributed by atoms with van der Waals surface area (Å²) >= 11 is 0. The third kappa shape index (κ3) is 13.3. The fourth-order valence-corrected chi connectivity index (χ4v) is 8.48. The Hall–Kier alpha value is -2.81. The van der Waals surface area contributed by atoms with Crippen LogP contribution in [0.4, 0.5) is 0 Å². The third-order valence-corrected chi connectivity index (χ3v) is 11.8. The maximum atomic E-state index is 13.8. The monoisotopic (exact) mass is 825 g/mol. The van der Waals surface area contributed by atoms with E-state index in [1.165, 1.54) is 13.8 Å². The Morgan fingerprint density at radius 2 is 1.66 bits per heavy atom. The summed E-state index contributed by atoms with van der Waals surface area (Å²) in [6, 6.07) is 6.33. The van der Waals surface area contributed by atoms with Crippen molar-refractivity contribution in [1.29, 1.82) is 0 Å². The highest BCUT2D eigenvalue weighted by Crippen LogP contribution is 2.39. The lowest BCUT2D eigenvalue weighted by molar-refractivity contribution is -0.315. The van der Waals surface area contributed by atoms with Crippen molar-refractivity contribution >= 4 is 17.8 Å². The molecule has 2 saturated carbocycles. The molecule has 330 valence electrons. The van der Waals surface area contributed by atoms with Gasteiger partial charge in [0.2, 0.25) is 11.8 Å². The van der Waals surface area contributed by atoms with Crippen LogP contribution in [0, 0.1) is 17.8 Å². The molecule has 0 aromatic heterocycles. The zero-order valence-corrected chi connectivity index (χ0v) is 34.2. The molecule has 0 bridgehead atoms. The molecule has 58 heavy (non-hydrogen) atoms. The Morgan fingerprint density at radius 3 is 2.24 bits per heavy atom. The van der Waals surface area contributed by atoms with Crippen LogP contribution in [-0.2, 0) is 51.2 Å². The topological polar surface area (TPSA) is 269 Å². The molecule has 1 aromatic carbocycles. The normalized spacial score (nSPS) is 30.8. The minimum Gasteiger partial charge on any atom is -0.479 e. The SMILES string of the molecule is CC[C@@H]1CC(C(=O)NCc2ccc(CN)cc2)CC(O[C@@H]2O[C@@H](CO)C(O)C(O[C@@H](CC3CCCCC3)C(=O)O)C2NC(C)=O)C1O[C@@H](C)OC(C)C(O)[C@H](O)CO. The van der Waals surface area contributed by atoms with Gasteiger partial charge in [-0.25, -0.2) is 4.79 Å². The van der Waals surface area contributed by atoms with Crippen molar-refractivity contribution in [3.8, 4) is 0 Å². The van der Waals surface area contributed by atoms with Gasteiger partial charge in [-0.05, 0) is 56.1 Å². The van der Waals surface area contributed by atoms with E-state index in [-0.39, 0.29) is 37.1 Å². The van der Waals surface area contributed by atoms with Crippen molar-refractivity contribution in [3.05, 3.63) is 35.4 Å². The number of aliphatic carboxylic acids is 1. The number of aliphatic hydroxyl groups is 5. The first-order valence-electron chi connectivity index (χ1n) is 20.8. The first-order valence-corrected chi connectivity index (χ1v) is 20.8. The van der Waals surface area contributed by atoms with Gasteiger partial charge < -0.3 is 70.7 Å². The largest absolute Gasteiger partial charge is 0.479 e. The summed E-state index contributed by atoms with van der Waals surface area (Å²) in [6.07, 6.45) is -7.48. The molecule has 0 radical (unpaired) electrons. The zero-order chi connectivity index (χ0) is 42.5. The number of hydrogen-bond acceptors (Lipinski definition) is 14. The predicted molar refractivity (Wildman–Crippen MR) is 208 cm³/mol. The van der Waals surface area contributed by atoms with Crippen LogP contribution in [0.1, 0.15) is 96.6 Å². The first kappa shape index (κ1) is 47.9. The van der Waals surface area contributed by atoms with Crippen molar-refractivity contribution in [2.45, 2.75) is 172 Å². The van der Waals surface area contributed by atoms with Gasteiger partial charge >= 0.3 is 5.97 Å². The van der Waals surface area contributed by atoms with E-state index >= 15 is 0 Å². The second-order valence-electron chi connectivity index (χ2n) is 16.1. The molecule has 2 aliphatic carbocycles. The molecule has 17 nitrogen and oxygen atoms in total. The molecule has 3 fully saturated rings. The smallest absolute Gasteiger partial charge is 0.332 e. The summed E-state index contributed by atoms with van der Waals surface area (Å²) in [6.45, 7) is 5.61. The number of benzene rings is 1. The summed E-state index contributed by atoms with van der Waals surface area (Å²) < 4.78 is 31.4. The van der Waals surface area contributed by atoms with E-state index in [2.05, 4.69) is 10.6 Å². The fraction of sp³-hybridized carbons (Fsp3) is 0.780. The van der Waals surface area contributed by atoms with E-state index < -0.39 is 105 Å². The summed E-state index contributed by atoms with van der Waals surface area (Å²) in [5.41, 5.74) is 7.58. The maximum Gasteiger partial charge on any atom is 0.332 e. The Labute approximate surface area is 340 Å². The van der Waals surface area contributed by atoms with Gasteiger partial charge in [0.05, 0.1) is 31.5 Å². The number of nitrogens with one attached hydrogen (secondary N) is 2. The van der Waals surface area contributed by atoms with Crippen molar-refractivity contribution in [3.63, 3.8) is 0 Å². The lowest BCUT2D eigenvalue weighted by Gasteiger charge is -2.48. The van der Waals surface area contributed by atoms with E-state index in [1.807, 2.05) is 31.2 Å². The van der Waals surface area contributed by atoms with Crippen LogP contribution >= 0.6 is 0 Å². The van der Waals surface area contributed by atoms with Crippen LogP contribution in [0.15, 0.2) is 24.3 Å². The number of nitrogens with two attached hydrogens (primary N) is 1. The Kier molecular flexibility index (Phi) is 19.2.